The summed E-state index contributed by atoms with van der Waals surface area (Å²) < 4.78 is 1.10. The number of halogens is 1. The zero-order valence-corrected chi connectivity index (χ0v) is 9.00. The molecule has 0 bridgehead atoms. The molecule has 70 valence electrons. The van der Waals surface area contributed by atoms with Crippen molar-refractivity contribution in [3.05, 3.63) is 47.0 Å². The monoisotopic (exact) mass is 240 g/mol. The van der Waals surface area contributed by atoms with Gasteiger partial charge in [-0.2, -0.15) is 0 Å². The molecule has 1 unspecified atom stereocenters. The summed E-state index contributed by atoms with van der Waals surface area (Å²) in [4.78, 5) is 0. The number of benzene rings is 1. The Balaban J connectivity index is 2.54. The molecule has 0 fully saturated rings. The van der Waals surface area contributed by atoms with Crippen LogP contribution in [0.2, 0.25) is 0 Å². The minimum absolute atomic E-state index is 0.396. The first-order chi connectivity index (χ1) is 6.24. The zero-order chi connectivity index (χ0) is 9.68. The molecule has 0 spiro atoms. The van der Waals surface area contributed by atoms with E-state index in [1.54, 1.807) is 6.08 Å². The Morgan fingerprint density at radius 2 is 2.15 bits per heavy atom. The smallest absolute Gasteiger partial charge is 0.0721 e. The van der Waals surface area contributed by atoms with E-state index >= 15 is 0 Å². The van der Waals surface area contributed by atoms with Gasteiger partial charge in [0.05, 0.1) is 6.10 Å². The van der Waals surface area contributed by atoms with E-state index in [2.05, 4.69) is 28.6 Å². The van der Waals surface area contributed by atoms with Gasteiger partial charge >= 0.3 is 0 Å². The van der Waals surface area contributed by atoms with Crippen molar-refractivity contribution in [2.45, 2.75) is 18.9 Å². The Labute approximate surface area is 87.2 Å². The van der Waals surface area contributed by atoms with E-state index < -0.39 is 6.10 Å². The summed E-state index contributed by atoms with van der Waals surface area (Å²) in [5, 5.41) is 9.28. The molecular weight excluding hydrogens is 228 g/mol. The molecule has 0 radical (unpaired) electrons. The van der Waals surface area contributed by atoms with E-state index in [1.165, 1.54) is 5.56 Å². The molecule has 1 atom stereocenters. The third-order valence-corrected chi connectivity index (χ3v) is 2.71. The van der Waals surface area contributed by atoms with Gasteiger partial charge in [-0.3, -0.25) is 0 Å². The highest BCUT2D eigenvalue weighted by molar-refractivity contribution is 9.10. The van der Waals surface area contributed by atoms with Crippen LogP contribution in [0.4, 0.5) is 0 Å². The van der Waals surface area contributed by atoms with Gasteiger partial charge in [0, 0.05) is 4.47 Å². The molecule has 0 saturated carbocycles. The summed E-state index contributed by atoms with van der Waals surface area (Å²) >= 11 is 3.46. The summed E-state index contributed by atoms with van der Waals surface area (Å²) in [5.74, 6) is 0. The van der Waals surface area contributed by atoms with Gasteiger partial charge in [0.1, 0.15) is 0 Å². The molecule has 0 heterocycles. The van der Waals surface area contributed by atoms with E-state index in [4.69, 9.17) is 0 Å². The predicted octanol–water partition coefficient (Wildman–Crippen LogP) is 2.93. The van der Waals surface area contributed by atoms with Crippen LogP contribution in [0.3, 0.4) is 0 Å². The molecule has 1 aromatic rings. The Bertz CT molecular complexity index is 283. The lowest BCUT2D eigenvalue weighted by Crippen LogP contribution is -2.03. The largest absolute Gasteiger partial charge is 0.389 e. The lowest BCUT2D eigenvalue weighted by atomic mass is 10.1. The Hall–Kier alpha value is -0.600. The van der Waals surface area contributed by atoms with Crippen molar-refractivity contribution in [2.24, 2.45) is 0 Å². The highest BCUT2D eigenvalue weighted by Crippen LogP contribution is 2.17. The molecule has 1 N–H and O–H groups in total. The second-order valence-electron chi connectivity index (χ2n) is 2.93. The molecule has 1 nitrogen and oxygen atoms in total. The molecule has 0 aromatic heterocycles. The van der Waals surface area contributed by atoms with Gasteiger partial charge in [-0.05, 0) is 24.5 Å². The topological polar surface area (TPSA) is 20.2 Å². The van der Waals surface area contributed by atoms with Gasteiger partial charge in [-0.25, -0.2) is 0 Å². The molecule has 0 amide bonds. The highest BCUT2D eigenvalue weighted by Gasteiger charge is 2.01. The second kappa shape index (κ2) is 5.20. The standard InChI is InChI=1S/C11H13BrO/c1-2-10(13)8-7-9-5-3-4-6-11(9)12/h2-6,10,13H,1,7-8H2. The van der Waals surface area contributed by atoms with Crippen molar-refractivity contribution in [3.8, 4) is 0 Å². The number of aliphatic hydroxyl groups excluding tert-OH is 1. The number of aliphatic hydroxyl groups is 1. The van der Waals surface area contributed by atoms with Gasteiger partial charge in [0.15, 0.2) is 0 Å². The van der Waals surface area contributed by atoms with E-state index in [-0.39, 0.29) is 0 Å². The zero-order valence-electron chi connectivity index (χ0n) is 7.41. The van der Waals surface area contributed by atoms with Crippen molar-refractivity contribution in [2.75, 3.05) is 0 Å². The van der Waals surface area contributed by atoms with Crippen LogP contribution < -0.4 is 0 Å². The van der Waals surface area contributed by atoms with E-state index in [0.29, 0.717) is 0 Å². The molecule has 2 heteroatoms. The first-order valence-electron chi connectivity index (χ1n) is 4.28. The predicted molar refractivity (Wildman–Crippen MR) is 58.7 cm³/mol. The van der Waals surface area contributed by atoms with E-state index in [9.17, 15) is 5.11 Å². The molecule has 0 aliphatic carbocycles. The quantitative estimate of drug-likeness (QED) is 0.803. The molecule has 1 aromatic carbocycles. The van der Waals surface area contributed by atoms with Crippen molar-refractivity contribution in [3.63, 3.8) is 0 Å². The molecule has 0 aliphatic heterocycles. The van der Waals surface area contributed by atoms with Gasteiger partial charge in [0.25, 0.3) is 0 Å². The van der Waals surface area contributed by atoms with Gasteiger partial charge < -0.3 is 5.11 Å². The van der Waals surface area contributed by atoms with Crippen molar-refractivity contribution < 1.29 is 5.11 Å². The Morgan fingerprint density at radius 1 is 1.46 bits per heavy atom. The average Bonchev–Trinajstić information content (AvgIpc) is 2.16. The first-order valence-corrected chi connectivity index (χ1v) is 5.07. The maximum Gasteiger partial charge on any atom is 0.0721 e. The van der Waals surface area contributed by atoms with Crippen molar-refractivity contribution in [1.29, 1.82) is 0 Å². The van der Waals surface area contributed by atoms with Gasteiger partial charge in [-0.15, -0.1) is 6.58 Å². The molecule has 0 saturated heterocycles. The fraction of sp³-hybridized carbons (Fsp3) is 0.273. The Kier molecular flexibility index (Phi) is 4.19. The number of aryl methyl sites for hydroxylation is 1. The molecule has 0 aliphatic rings. The third-order valence-electron chi connectivity index (χ3n) is 1.94. The van der Waals surface area contributed by atoms with Crippen LogP contribution in [0.5, 0.6) is 0 Å². The fourth-order valence-electron chi connectivity index (χ4n) is 1.12. The lowest BCUT2D eigenvalue weighted by Gasteiger charge is -2.06. The summed E-state index contributed by atoms with van der Waals surface area (Å²) in [7, 11) is 0. The minimum atomic E-state index is -0.396. The highest BCUT2D eigenvalue weighted by atomic mass is 79.9. The van der Waals surface area contributed by atoms with Crippen LogP contribution >= 0.6 is 15.9 Å². The average molecular weight is 241 g/mol. The van der Waals surface area contributed by atoms with Crippen LogP contribution in [-0.4, -0.2) is 11.2 Å². The number of hydrogen-bond acceptors (Lipinski definition) is 1. The van der Waals surface area contributed by atoms with Crippen molar-refractivity contribution >= 4 is 15.9 Å². The summed E-state index contributed by atoms with van der Waals surface area (Å²) in [6.45, 7) is 3.53. The van der Waals surface area contributed by atoms with Gasteiger partial charge in [-0.1, -0.05) is 40.2 Å². The van der Waals surface area contributed by atoms with Crippen LogP contribution in [0.15, 0.2) is 41.4 Å². The first kappa shape index (κ1) is 10.5. The van der Waals surface area contributed by atoms with E-state index in [1.807, 2.05) is 18.2 Å². The fourth-order valence-corrected chi connectivity index (χ4v) is 1.61. The van der Waals surface area contributed by atoms with Crippen LogP contribution in [0.25, 0.3) is 0 Å². The maximum atomic E-state index is 9.28. The SMILES string of the molecule is C=CC(O)CCc1ccccc1Br. The minimum Gasteiger partial charge on any atom is -0.389 e. The number of rotatable bonds is 4. The molecule has 1 rings (SSSR count). The lowest BCUT2D eigenvalue weighted by molar-refractivity contribution is 0.213. The summed E-state index contributed by atoms with van der Waals surface area (Å²) in [6.07, 6.45) is 2.77. The third kappa shape index (κ3) is 3.33. The van der Waals surface area contributed by atoms with Crippen LogP contribution in [0.1, 0.15) is 12.0 Å². The van der Waals surface area contributed by atoms with Gasteiger partial charge in [0.2, 0.25) is 0 Å². The van der Waals surface area contributed by atoms with Crippen molar-refractivity contribution in [1.82, 2.24) is 0 Å². The summed E-state index contributed by atoms with van der Waals surface area (Å²) in [5.41, 5.74) is 1.23. The molecule has 13 heavy (non-hydrogen) atoms. The van der Waals surface area contributed by atoms with Crippen LogP contribution in [0, 0.1) is 0 Å². The van der Waals surface area contributed by atoms with Crippen LogP contribution in [-0.2, 0) is 6.42 Å². The number of hydrogen-bond donors (Lipinski definition) is 1. The molecular formula is C11H13BrO. The Morgan fingerprint density at radius 3 is 2.77 bits per heavy atom. The normalized spacial score (nSPS) is 12.5. The second-order valence-corrected chi connectivity index (χ2v) is 3.79. The maximum absolute atomic E-state index is 9.28. The summed E-state index contributed by atoms with van der Waals surface area (Å²) in [6, 6.07) is 8.05. The van der Waals surface area contributed by atoms with E-state index in [0.717, 1.165) is 17.3 Å².